The van der Waals surface area contributed by atoms with Crippen LogP contribution in [0.3, 0.4) is 0 Å². The van der Waals surface area contributed by atoms with E-state index in [2.05, 4.69) is 53.4 Å². The molecule has 0 saturated carbocycles. The summed E-state index contributed by atoms with van der Waals surface area (Å²) >= 11 is 0. The fraction of sp³-hybridized carbons (Fsp3) is 0.333. The Kier molecular flexibility index (Phi) is 4.03. The van der Waals surface area contributed by atoms with Gasteiger partial charge in [0.15, 0.2) is 0 Å². The number of hydrogen-bond acceptors (Lipinski definition) is 2. The lowest BCUT2D eigenvalue weighted by Crippen LogP contribution is -2.20. The maximum atomic E-state index is 5.77. The molecule has 3 rings (SSSR count). The summed E-state index contributed by atoms with van der Waals surface area (Å²) < 4.78 is 0. The largest absolute Gasteiger partial charge is 0.341 e. The van der Waals surface area contributed by atoms with Gasteiger partial charge < -0.3 is 10.6 Å². The first-order valence-corrected chi connectivity index (χ1v) is 7.53. The Morgan fingerprint density at radius 3 is 2.50 bits per heavy atom. The summed E-state index contributed by atoms with van der Waals surface area (Å²) in [6, 6.07) is 17.5. The first-order valence-electron chi connectivity index (χ1n) is 7.53. The molecule has 0 amide bonds. The molecule has 2 aromatic rings. The molecule has 1 aliphatic heterocycles. The minimum atomic E-state index is 0.701. The highest BCUT2D eigenvalue weighted by molar-refractivity contribution is 5.69. The number of fused-ring (bicyclic) bond motifs is 1. The van der Waals surface area contributed by atoms with Gasteiger partial charge in [0.25, 0.3) is 0 Å². The van der Waals surface area contributed by atoms with E-state index in [1.165, 1.54) is 41.8 Å². The minimum Gasteiger partial charge on any atom is -0.341 e. The van der Waals surface area contributed by atoms with Crippen molar-refractivity contribution in [3.05, 3.63) is 59.7 Å². The molecule has 2 N–H and O–H groups in total. The first kappa shape index (κ1) is 13.2. The van der Waals surface area contributed by atoms with Crippen LogP contribution >= 0.6 is 0 Å². The molecule has 0 saturated heterocycles. The molecule has 1 aliphatic rings. The molecule has 0 bridgehead atoms. The summed E-state index contributed by atoms with van der Waals surface area (Å²) in [7, 11) is 0. The van der Waals surface area contributed by atoms with Gasteiger partial charge in [-0.25, -0.2) is 0 Å². The number of hydrogen-bond donors (Lipinski definition) is 1. The highest BCUT2D eigenvalue weighted by Gasteiger charge is 2.18. The fourth-order valence-corrected chi connectivity index (χ4v) is 3.08. The van der Waals surface area contributed by atoms with E-state index in [9.17, 15) is 0 Å². The van der Waals surface area contributed by atoms with E-state index in [0.29, 0.717) is 6.54 Å². The molecule has 1 heterocycles. The van der Waals surface area contributed by atoms with Crippen molar-refractivity contribution in [3.63, 3.8) is 0 Å². The van der Waals surface area contributed by atoms with Crippen molar-refractivity contribution in [1.29, 1.82) is 0 Å². The van der Waals surface area contributed by atoms with Crippen LogP contribution in [0.1, 0.15) is 24.0 Å². The first-order chi connectivity index (χ1) is 9.90. The van der Waals surface area contributed by atoms with Gasteiger partial charge in [0, 0.05) is 17.9 Å². The van der Waals surface area contributed by atoms with Gasteiger partial charge in [-0.15, -0.1) is 0 Å². The van der Waals surface area contributed by atoms with Crippen LogP contribution in [0.4, 0.5) is 11.4 Å². The number of para-hydroxylation sites is 2. The topological polar surface area (TPSA) is 29.3 Å². The summed E-state index contributed by atoms with van der Waals surface area (Å²) in [6.07, 6.45) is 4.64. The van der Waals surface area contributed by atoms with Gasteiger partial charge in [-0.1, -0.05) is 36.4 Å². The van der Waals surface area contributed by atoms with Gasteiger partial charge in [0.05, 0.1) is 0 Å². The predicted octanol–water partition coefficient (Wildman–Crippen LogP) is 3.66. The maximum absolute atomic E-state index is 5.77. The SMILES string of the molecule is NCCc1ccccc1N1CCCCc2ccccc21. The zero-order chi connectivity index (χ0) is 13.8. The summed E-state index contributed by atoms with van der Waals surface area (Å²) in [5, 5.41) is 0. The molecule has 2 heteroatoms. The van der Waals surface area contributed by atoms with E-state index in [1.54, 1.807) is 0 Å². The Labute approximate surface area is 121 Å². The number of nitrogens with two attached hydrogens (primary N) is 1. The number of aryl methyl sites for hydroxylation is 1. The maximum Gasteiger partial charge on any atom is 0.0443 e. The van der Waals surface area contributed by atoms with E-state index in [-0.39, 0.29) is 0 Å². The molecule has 0 atom stereocenters. The normalized spacial score (nSPS) is 14.8. The van der Waals surface area contributed by atoms with Crippen molar-refractivity contribution in [2.45, 2.75) is 25.7 Å². The third-order valence-electron chi connectivity index (χ3n) is 4.06. The minimum absolute atomic E-state index is 0.701. The van der Waals surface area contributed by atoms with Crippen molar-refractivity contribution >= 4 is 11.4 Å². The predicted molar refractivity (Wildman–Crippen MR) is 85.6 cm³/mol. The van der Waals surface area contributed by atoms with Gasteiger partial charge in [0.1, 0.15) is 0 Å². The summed E-state index contributed by atoms with van der Waals surface area (Å²) in [5.41, 5.74) is 11.3. The lowest BCUT2D eigenvalue weighted by molar-refractivity contribution is 0.759. The molecule has 0 fully saturated rings. The quantitative estimate of drug-likeness (QED) is 0.918. The van der Waals surface area contributed by atoms with Gasteiger partial charge >= 0.3 is 0 Å². The van der Waals surface area contributed by atoms with Crippen LogP contribution in [0.25, 0.3) is 0 Å². The average molecular weight is 266 g/mol. The Balaban J connectivity index is 2.05. The molecule has 0 radical (unpaired) electrons. The molecule has 0 unspecified atom stereocenters. The third-order valence-corrected chi connectivity index (χ3v) is 4.06. The van der Waals surface area contributed by atoms with Crippen LogP contribution in [0.5, 0.6) is 0 Å². The lowest BCUT2D eigenvalue weighted by atomic mass is 10.1. The van der Waals surface area contributed by atoms with Crippen LogP contribution in [0.2, 0.25) is 0 Å². The average Bonchev–Trinajstić information content (AvgIpc) is 2.71. The third kappa shape index (κ3) is 2.56. The zero-order valence-corrected chi connectivity index (χ0v) is 11.9. The zero-order valence-electron chi connectivity index (χ0n) is 11.9. The molecule has 0 aromatic heterocycles. The molecule has 20 heavy (non-hydrogen) atoms. The summed E-state index contributed by atoms with van der Waals surface area (Å²) in [4.78, 5) is 2.48. The smallest absolute Gasteiger partial charge is 0.0443 e. The van der Waals surface area contributed by atoms with Crippen LogP contribution in [-0.2, 0) is 12.8 Å². The van der Waals surface area contributed by atoms with Crippen LogP contribution in [0, 0.1) is 0 Å². The molecule has 0 spiro atoms. The molecule has 104 valence electrons. The van der Waals surface area contributed by atoms with Crippen molar-refractivity contribution in [1.82, 2.24) is 0 Å². The van der Waals surface area contributed by atoms with Gasteiger partial charge in [-0.05, 0) is 55.5 Å². The molecule has 2 nitrogen and oxygen atoms in total. The van der Waals surface area contributed by atoms with Gasteiger partial charge in [0.2, 0.25) is 0 Å². The van der Waals surface area contributed by atoms with Crippen molar-refractivity contribution in [2.24, 2.45) is 5.73 Å². The highest BCUT2D eigenvalue weighted by atomic mass is 15.1. The molecular weight excluding hydrogens is 244 g/mol. The molecular formula is C18H22N2. The van der Waals surface area contributed by atoms with E-state index < -0.39 is 0 Å². The lowest BCUT2D eigenvalue weighted by Gasteiger charge is -2.27. The van der Waals surface area contributed by atoms with Crippen LogP contribution in [0.15, 0.2) is 48.5 Å². The second-order valence-electron chi connectivity index (χ2n) is 5.40. The van der Waals surface area contributed by atoms with Crippen molar-refractivity contribution in [3.8, 4) is 0 Å². The molecule has 0 aliphatic carbocycles. The van der Waals surface area contributed by atoms with Gasteiger partial charge in [-0.2, -0.15) is 0 Å². The summed E-state index contributed by atoms with van der Waals surface area (Å²) in [5.74, 6) is 0. The second-order valence-corrected chi connectivity index (χ2v) is 5.40. The number of rotatable bonds is 3. The van der Waals surface area contributed by atoms with Gasteiger partial charge in [-0.3, -0.25) is 0 Å². The number of benzene rings is 2. The monoisotopic (exact) mass is 266 g/mol. The fourth-order valence-electron chi connectivity index (χ4n) is 3.08. The highest BCUT2D eigenvalue weighted by Crippen LogP contribution is 2.34. The van der Waals surface area contributed by atoms with E-state index in [4.69, 9.17) is 5.73 Å². The van der Waals surface area contributed by atoms with Crippen LogP contribution in [-0.4, -0.2) is 13.1 Å². The van der Waals surface area contributed by atoms with Crippen molar-refractivity contribution < 1.29 is 0 Å². The Bertz CT molecular complexity index is 577. The number of nitrogens with zero attached hydrogens (tertiary/aromatic N) is 1. The Morgan fingerprint density at radius 2 is 1.65 bits per heavy atom. The van der Waals surface area contributed by atoms with E-state index in [0.717, 1.165) is 13.0 Å². The Morgan fingerprint density at radius 1 is 0.900 bits per heavy atom. The number of anilines is 2. The summed E-state index contributed by atoms with van der Waals surface area (Å²) in [6.45, 7) is 1.80. The van der Waals surface area contributed by atoms with E-state index in [1.807, 2.05) is 0 Å². The molecule has 2 aromatic carbocycles. The standard InChI is InChI=1S/C18H22N2/c19-13-12-16-8-2-4-11-18(16)20-14-6-5-9-15-7-1-3-10-17(15)20/h1-4,7-8,10-11H,5-6,9,12-14,19H2. The van der Waals surface area contributed by atoms with E-state index >= 15 is 0 Å². The van der Waals surface area contributed by atoms with Crippen molar-refractivity contribution in [2.75, 3.05) is 18.0 Å². The Hall–Kier alpha value is -1.80. The van der Waals surface area contributed by atoms with Crippen LogP contribution < -0.4 is 10.6 Å². The second kappa shape index (κ2) is 6.10.